The minimum absolute atomic E-state index is 0.179. The molecule has 0 saturated heterocycles. The van der Waals surface area contributed by atoms with E-state index in [1.807, 2.05) is 60.3 Å². The van der Waals surface area contributed by atoms with Crippen LogP contribution in [0, 0.1) is 0 Å². The first kappa shape index (κ1) is 13.2. The predicted molar refractivity (Wildman–Crippen MR) is 77.7 cm³/mol. The summed E-state index contributed by atoms with van der Waals surface area (Å²) in [6.45, 7) is 0. The summed E-state index contributed by atoms with van der Waals surface area (Å²) >= 11 is 0. The van der Waals surface area contributed by atoms with Gasteiger partial charge in [0.25, 0.3) is 0 Å². The van der Waals surface area contributed by atoms with Crippen LogP contribution in [0.15, 0.2) is 53.1 Å². The highest BCUT2D eigenvalue weighted by atomic mass is 16.5. The molecule has 1 aromatic carbocycles. The summed E-state index contributed by atoms with van der Waals surface area (Å²) in [6, 6.07) is 13.2. The summed E-state index contributed by atoms with van der Waals surface area (Å²) in [5.74, 6) is 0.289. The van der Waals surface area contributed by atoms with E-state index in [1.165, 1.54) is 7.11 Å². The molecule has 21 heavy (non-hydrogen) atoms. The fraction of sp³-hybridized carbons (Fsp3) is 0.125. The van der Waals surface area contributed by atoms with Crippen molar-refractivity contribution >= 4 is 5.97 Å². The molecule has 5 nitrogen and oxygen atoms in total. The first-order valence-corrected chi connectivity index (χ1v) is 6.47. The zero-order chi connectivity index (χ0) is 14.8. The van der Waals surface area contributed by atoms with Gasteiger partial charge in [-0.05, 0) is 24.3 Å². The van der Waals surface area contributed by atoms with Gasteiger partial charge in [0.15, 0.2) is 11.5 Å². The van der Waals surface area contributed by atoms with Gasteiger partial charge >= 0.3 is 5.97 Å². The van der Waals surface area contributed by atoms with E-state index in [2.05, 4.69) is 4.98 Å². The number of hydrogen-bond donors (Lipinski definition) is 0. The van der Waals surface area contributed by atoms with Crippen LogP contribution in [0.1, 0.15) is 10.5 Å². The van der Waals surface area contributed by atoms with Gasteiger partial charge in [-0.1, -0.05) is 18.2 Å². The van der Waals surface area contributed by atoms with Gasteiger partial charge in [0.1, 0.15) is 0 Å². The minimum Gasteiger partial charge on any atom is -0.464 e. The lowest BCUT2D eigenvalue weighted by Crippen LogP contribution is -2.04. The lowest BCUT2D eigenvalue weighted by atomic mass is 10.2. The average molecular weight is 282 g/mol. The Morgan fingerprint density at radius 3 is 2.57 bits per heavy atom. The maximum Gasteiger partial charge on any atom is 0.360 e. The summed E-state index contributed by atoms with van der Waals surface area (Å²) in [4.78, 5) is 16.2. The van der Waals surface area contributed by atoms with Crippen molar-refractivity contribution in [2.75, 3.05) is 7.11 Å². The molecule has 0 spiro atoms. The summed E-state index contributed by atoms with van der Waals surface area (Å²) < 4.78 is 12.5. The molecule has 5 heteroatoms. The number of oxazole rings is 1. The Kier molecular flexibility index (Phi) is 3.31. The van der Waals surface area contributed by atoms with E-state index in [1.54, 1.807) is 0 Å². The van der Waals surface area contributed by atoms with Gasteiger partial charge in [-0.2, -0.15) is 0 Å². The van der Waals surface area contributed by atoms with Crippen molar-refractivity contribution in [2.45, 2.75) is 0 Å². The molecule has 3 aromatic rings. The highest BCUT2D eigenvalue weighted by Crippen LogP contribution is 2.30. The van der Waals surface area contributed by atoms with E-state index in [9.17, 15) is 4.79 Å². The number of ether oxygens (including phenoxy) is 1. The third kappa shape index (κ3) is 2.33. The molecule has 0 amide bonds. The number of carbonyl (C=O) groups is 1. The van der Waals surface area contributed by atoms with Crippen LogP contribution in [0.4, 0.5) is 0 Å². The molecule has 2 heterocycles. The number of aryl methyl sites for hydroxylation is 1. The molecule has 0 bridgehead atoms. The van der Waals surface area contributed by atoms with Crippen molar-refractivity contribution in [3.63, 3.8) is 0 Å². The number of benzene rings is 1. The Morgan fingerprint density at radius 1 is 1.19 bits per heavy atom. The largest absolute Gasteiger partial charge is 0.464 e. The van der Waals surface area contributed by atoms with Crippen LogP contribution in [0.5, 0.6) is 0 Å². The van der Waals surface area contributed by atoms with E-state index in [0.29, 0.717) is 11.7 Å². The number of carbonyl (C=O) groups excluding carboxylic acids is 1. The smallest absolute Gasteiger partial charge is 0.360 e. The van der Waals surface area contributed by atoms with Gasteiger partial charge in [0.2, 0.25) is 5.89 Å². The maximum absolute atomic E-state index is 11.9. The molecule has 0 aliphatic rings. The Balaban J connectivity index is 2.17. The first-order chi connectivity index (χ1) is 10.2. The Morgan fingerprint density at radius 2 is 1.95 bits per heavy atom. The zero-order valence-corrected chi connectivity index (χ0v) is 11.7. The molecule has 0 aliphatic carbocycles. The van der Waals surface area contributed by atoms with Gasteiger partial charge < -0.3 is 13.7 Å². The summed E-state index contributed by atoms with van der Waals surface area (Å²) in [7, 11) is 3.20. The van der Waals surface area contributed by atoms with Gasteiger partial charge in [-0.25, -0.2) is 9.78 Å². The van der Waals surface area contributed by atoms with Crippen molar-refractivity contribution in [3.8, 4) is 22.9 Å². The van der Waals surface area contributed by atoms with E-state index >= 15 is 0 Å². The van der Waals surface area contributed by atoms with Crippen LogP contribution in [0.3, 0.4) is 0 Å². The highest BCUT2D eigenvalue weighted by molar-refractivity contribution is 5.94. The van der Waals surface area contributed by atoms with Crippen LogP contribution in [-0.2, 0) is 11.8 Å². The van der Waals surface area contributed by atoms with Gasteiger partial charge in [-0.3, -0.25) is 0 Å². The molecule has 3 rings (SSSR count). The molecule has 106 valence electrons. The van der Waals surface area contributed by atoms with E-state index in [-0.39, 0.29) is 5.69 Å². The quantitative estimate of drug-likeness (QED) is 0.692. The SMILES string of the molecule is COC(=O)c1nc(-c2ccccc2)oc1-c1cccn1C. The van der Waals surface area contributed by atoms with Crippen molar-refractivity contribution in [3.05, 3.63) is 54.4 Å². The summed E-state index contributed by atoms with van der Waals surface area (Å²) in [5, 5.41) is 0. The molecule has 0 fully saturated rings. The van der Waals surface area contributed by atoms with Crippen molar-refractivity contribution in [1.29, 1.82) is 0 Å². The predicted octanol–water partition coefficient (Wildman–Crippen LogP) is 3.13. The second-order valence-corrected chi connectivity index (χ2v) is 4.56. The molecule has 0 N–H and O–H groups in total. The zero-order valence-electron chi connectivity index (χ0n) is 11.7. The fourth-order valence-corrected chi connectivity index (χ4v) is 2.13. The lowest BCUT2D eigenvalue weighted by molar-refractivity contribution is 0.0595. The number of methoxy groups -OCH3 is 1. The lowest BCUT2D eigenvalue weighted by Gasteiger charge is -2.01. The number of aromatic nitrogens is 2. The monoisotopic (exact) mass is 282 g/mol. The number of nitrogens with zero attached hydrogens (tertiary/aromatic N) is 2. The first-order valence-electron chi connectivity index (χ1n) is 6.47. The molecular formula is C16H14N2O3. The molecule has 0 aliphatic heterocycles. The van der Waals surface area contributed by atoms with Crippen LogP contribution in [0.2, 0.25) is 0 Å². The average Bonchev–Trinajstić information content (AvgIpc) is 3.13. The Bertz CT molecular complexity index is 772. The molecule has 0 atom stereocenters. The minimum atomic E-state index is -0.517. The topological polar surface area (TPSA) is 57.3 Å². The van der Waals surface area contributed by atoms with Crippen molar-refractivity contribution < 1.29 is 13.9 Å². The van der Waals surface area contributed by atoms with E-state index in [4.69, 9.17) is 9.15 Å². The molecule has 2 aromatic heterocycles. The second-order valence-electron chi connectivity index (χ2n) is 4.56. The second kappa shape index (κ2) is 5.28. The van der Waals surface area contributed by atoms with Crippen molar-refractivity contribution in [2.24, 2.45) is 7.05 Å². The summed E-state index contributed by atoms with van der Waals surface area (Å²) in [6.07, 6.45) is 1.88. The number of esters is 1. The van der Waals surface area contributed by atoms with Gasteiger partial charge in [-0.15, -0.1) is 0 Å². The molecule has 0 unspecified atom stereocenters. The standard InChI is InChI=1S/C16H14N2O3/c1-18-10-6-9-12(18)14-13(16(19)20-2)17-15(21-14)11-7-4-3-5-8-11/h3-10H,1-2H3. The normalized spacial score (nSPS) is 10.6. The fourth-order valence-electron chi connectivity index (χ4n) is 2.13. The van der Waals surface area contributed by atoms with Crippen LogP contribution in [-0.4, -0.2) is 22.6 Å². The van der Waals surface area contributed by atoms with Gasteiger partial charge in [0, 0.05) is 18.8 Å². The van der Waals surface area contributed by atoms with E-state index < -0.39 is 5.97 Å². The highest BCUT2D eigenvalue weighted by Gasteiger charge is 2.24. The van der Waals surface area contributed by atoms with Gasteiger partial charge in [0.05, 0.1) is 12.8 Å². The van der Waals surface area contributed by atoms with Crippen LogP contribution < -0.4 is 0 Å². The summed E-state index contributed by atoms with van der Waals surface area (Å²) in [5.41, 5.74) is 1.76. The molecule has 0 radical (unpaired) electrons. The van der Waals surface area contributed by atoms with Crippen LogP contribution in [0.25, 0.3) is 22.9 Å². The van der Waals surface area contributed by atoms with Crippen molar-refractivity contribution in [1.82, 2.24) is 9.55 Å². The third-order valence-electron chi connectivity index (χ3n) is 3.20. The van der Waals surface area contributed by atoms with Crippen LogP contribution >= 0.6 is 0 Å². The molecule has 0 saturated carbocycles. The Hall–Kier alpha value is -2.82. The Labute approximate surface area is 121 Å². The molecular weight excluding hydrogens is 268 g/mol. The van der Waals surface area contributed by atoms with E-state index in [0.717, 1.165) is 11.3 Å². The number of hydrogen-bond acceptors (Lipinski definition) is 4. The number of rotatable bonds is 3. The maximum atomic E-state index is 11.9. The third-order valence-corrected chi connectivity index (χ3v) is 3.20.